The Hall–Kier alpha value is -2.96. The summed E-state index contributed by atoms with van der Waals surface area (Å²) in [5, 5.41) is 19.1. The average molecular weight is 633 g/mol. The molecule has 2 aliphatic heterocycles. The third-order valence-electron chi connectivity index (χ3n) is 8.76. The van der Waals surface area contributed by atoms with Gasteiger partial charge in [-0.05, 0) is 80.0 Å². The standard InChI is InChI=1S/C31H40N4O6S.ClH/c1-2-3-18-35-29(37)27(28(36)23-6-4-5-7-23)33-30(38)31(35)16-19-34(20-17-31)21-22-8-10-24(11-9-22)41-25-12-14-26(15-13-25)42(32,39)40;/h4-5,8-15,23,27-28,36H,2-3,6-7,16-21H2,1H3,(H,33,38)(H2,32,39,40);1H/t27-,28-;/m1./s1. The van der Waals surface area contributed by atoms with E-state index in [-0.39, 0.29) is 35.0 Å². The molecule has 1 spiro atoms. The van der Waals surface area contributed by atoms with Crippen LogP contribution in [0.2, 0.25) is 0 Å². The van der Waals surface area contributed by atoms with Crippen LogP contribution in [0.25, 0.3) is 0 Å². The fourth-order valence-electron chi connectivity index (χ4n) is 6.23. The van der Waals surface area contributed by atoms with Crippen molar-refractivity contribution in [1.29, 1.82) is 0 Å². The first-order chi connectivity index (χ1) is 20.1. The number of carbonyl (C=O) groups excluding carboxylic acids is 2. The van der Waals surface area contributed by atoms with Gasteiger partial charge < -0.3 is 20.1 Å². The maximum atomic E-state index is 13.7. The van der Waals surface area contributed by atoms with Crippen molar-refractivity contribution in [2.45, 2.75) is 74.6 Å². The second kappa shape index (κ2) is 13.8. The quantitative estimate of drug-likeness (QED) is 0.341. The lowest BCUT2D eigenvalue weighted by molar-refractivity contribution is -0.165. The van der Waals surface area contributed by atoms with Crippen LogP contribution in [0.4, 0.5) is 0 Å². The van der Waals surface area contributed by atoms with Crippen LogP contribution < -0.4 is 15.2 Å². The minimum absolute atomic E-state index is 0. The van der Waals surface area contributed by atoms with Gasteiger partial charge in [0.1, 0.15) is 23.1 Å². The van der Waals surface area contributed by atoms with Crippen LogP contribution in [-0.2, 0) is 26.2 Å². The highest BCUT2D eigenvalue weighted by molar-refractivity contribution is 7.89. The number of primary sulfonamides is 1. The summed E-state index contributed by atoms with van der Waals surface area (Å²) in [6.45, 7) is 4.61. The molecule has 2 fully saturated rings. The lowest BCUT2D eigenvalue weighted by atomic mass is 9.79. The number of likely N-dealkylation sites (tertiary alicyclic amines) is 1. The van der Waals surface area contributed by atoms with Crippen molar-refractivity contribution in [1.82, 2.24) is 15.1 Å². The van der Waals surface area contributed by atoms with Crippen LogP contribution in [0.15, 0.2) is 65.6 Å². The number of sulfonamides is 1. The number of hydrogen-bond acceptors (Lipinski definition) is 7. The molecule has 0 aromatic heterocycles. The summed E-state index contributed by atoms with van der Waals surface area (Å²) in [6.07, 6.45) is 7.38. The van der Waals surface area contributed by atoms with Gasteiger partial charge in [0, 0.05) is 26.2 Å². The summed E-state index contributed by atoms with van der Waals surface area (Å²) >= 11 is 0. The number of piperidine rings is 1. The van der Waals surface area contributed by atoms with E-state index in [1.807, 2.05) is 36.4 Å². The molecule has 1 aliphatic carbocycles. The zero-order chi connectivity index (χ0) is 29.9. The highest BCUT2D eigenvalue weighted by atomic mass is 35.5. The van der Waals surface area contributed by atoms with E-state index in [0.29, 0.717) is 50.5 Å². The number of carbonyl (C=O) groups is 2. The Morgan fingerprint density at radius 1 is 1.02 bits per heavy atom. The predicted molar refractivity (Wildman–Crippen MR) is 165 cm³/mol. The Balaban J connectivity index is 0.00000423. The number of piperazine rings is 1. The number of unbranched alkanes of at least 4 members (excludes halogenated alkanes) is 1. The summed E-state index contributed by atoms with van der Waals surface area (Å²) in [5.41, 5.74) is 0.201. The Bertz CT molecular complexity index is 1400. The van der Waals surface area contributed by atoms with Crippen LogP contribution in [-0.4, -0.2) is 72.5 Å². The summed E-state index contributed by atoms with van der Waals surface area (Å²) < 4.78 is 28.7. The topological polar surface area (TPSA) is 142 Å². The number of nitrogens with two attached hydrogens (primary N) is 1. The van der Waals surface area contributed by atoms with Gasteiger partial charge in [-0.25, -0.2) is 13.6 Å². The summed E-state index contributed by atoms with van der Waals surface area (Å²) in [4.78, 5) is 31.4. The fraction of sp³-hybridized carbons (Fsp3) is 0.484. The first kappa shape index (κ1) is 32.9. The highest BCUT2D eigenvalue weighted by Crippen LogP contribution is 2.36. The van der Waals surface area contributed by atoms with Crippen LogP contribution in [0.5, 0.6) is 11.5 Å². The summed E-state index contributed by atoms with van der Waals surface area (Å²) in [6, 6.07) is 12.7. The van der Waals surface area contributed by atoms with E-state index >= 15 is 0 Å². The third-order valence-corrected chi connectivity index (χ3v) is 9.69. The Morgan fingerprint density at radius 3 is 2.16 bits per heavy atom. The molecule has 43 heavy (non-hydrogen) atoms. The summed E-state index contributed by atoms with van der Waals surface area (Å²) in [7, 11) is -3.76. The number of halogens is 1. The number of nitrogens with zero attached hydrogens (tertiary/aromatic N) is 2. The molecule has 2 atom stereocenters. The number of benzene rings is 2. The van der Waals surface area contributed by atoms with E-state index in [0.717, 1.165) is 31.2 Å². The average Bonchev–Trinajstić information content (AvgIpc) is 3.52. The lowest BCUT2D eigenvalue weighted by Crippen LogP contribution is -2.75. The van der Waals surface area contributed by atoms with E-state index in [9.17, 15) is 23.1 Å². The van der Waals surface area contributed by atoms with E-state index in [4.69, 9.17) is 9.88 Å². The number of allylic oxidation sites excluding steroid dienone is 2. The molecule has 0 bridgehead atoms. The Labute approximate surface area is 259 Å². The zero-order valence-electron chi connectivity index (χ0n) is 24.4. The molecule has 5 rings (SSSR count). The largest absolute Gasteiger partial charge is 0.457 e. The molecule has 234 valence electrons. The number of aliphatic hydroxyl groups excluding tert-OH is 1. The molecule has 2 heterocycles. The molecule has 3 aliphatic rings. The van der Waals surface area contributed by atoms with Gasteiger partial charge in [0.25, 0.3) is 0 Å². The van der Waals surface area contributed by atoms with Gasteiger partial charge in [-0.2, -0.15) is 0 Å². The van der Waals surface area contributed by atoms with Gasteiger partial charge >= 0.3 is 0 Å². The predicted octanol–water partition coefficient (Wildman–Crippen LogP) is 3.34. The molecular weight excluding hydrogens is 592 g/mol. The van der Waals surface area contributed by atoms with E-state index < -0.39 is 27.7 Å². The number of rotatable bonds is 10. The fourth-order valence-corrected chi connectivity index (χ4v) is 6.75. The van der Waals surface area contributed by atoms with Gasteiger partial charge in [-0.3, -0.25) is 14.5 Å². The van der Waals surface area contributed by atoms with Crippen LogP contribution in [0.1, 0.15) is 51.0 Å². The maximum absolute atomic E-state index is 13.7. The zero-order valence-corrected chi connectivity index (χ0v) is 26.0. The molecule has 0 saturated carbocycles. The van der Waals surface area contributed by atoms with E-state index in [1.165, 1.54) is 12.1 Å². The van der Waals surface area contributed by atoms with Crippen molar-refractivity contribution in [2.75, 3.05) is 19.6 Å². The van der Waals surface area contributed by atoms with Crippen LogP contribution in [0.3, 0.4) is 0 Å². The van der Waals surface area contributed by atoms with Crippen molar-refractivity contribution in [2.24, 2.45) is 11.1 Å². The van der Waals surface area contributed by atoms with Crippen molar-refractivity contribution in [3.05, 3.63) is 66.2 Å². The summed E-state index contributed by atoms with van der Waals surface area (Å²) in [5.74, 6) is 0.764. The highest BCUT2D eigenvalue weighted by Gasteiger charge is 2.55. The van der Waals surface area contributed by atoms with Crippen molar-refractivity contribution < 1.29 is 27.9 Å². The van der Waals surface area contributed by atoms with Crippen molar-refractivity contribution in [3.63, 3.8) is 0 Å². The molecule has 2 aromatic carbocycles. The maximum Gasteiger partial charge on any atom is 0.248 e. The lowest BCUT2D eigenvalue weighted by Gasteiger charge is -2.52. The van der Waals surface area contributed by atoms with Crippen LogP contribution in [0, 0.1) is 5.92 Å². The van der Waals surface area contributed by atoms with Crippen molar-refractivity contribution in [3.8, 4) is 11.5 Å². The van der Waals surface area contributed by atoms with Gasteiger partial charge in [0.2, 0.25) is 21.8 Å². The number of amides is 2. The van der Waals surface area contributed by atoms with Gasteiger partial charge in [-0.15, -0.1) is 12.4 Å². The third kappa shape index (κ3) is 7.24. The molecule has 2 saturated heterocycles. The Morgan fingerprint density at radius 2 is 1.60 bits per heavy atom. The SMILES string of the molecule is CCCCN1C(=O)[C@@H]([C@H](O)C2CC=CC2)NC(=O)C12CCN(Cc1ccc(Oc3ccc(S(N)(=O)=O)cc3)cc1)CC2.Cl. The Kier molecular flexibility index (Phi) is 10.6. The molecule has 10 nitrogen and oxygen atoms in total. The van der Waals surface area contributed by atoms with Crippen molar-refractivity contribution >= 4 is 34.2 Å². The first-order valence-electron chi connectivity index (χ1n) is 14.7. The van der Waals surface area contributed by atoms with Gasteiger partial charge in [0.15, 0.2) is 0 Å². The first-order valence-corrected chi connectivity index (χ1v) is 16.2. The van der Waals surface area contributed by atoms with E-state index in [1.54, 1.807) is 17.0 Å². The molecule has 2 amide bonds. The second-order valence-corrected chi connectivity index (χ2v) is 13.1. The van der Waals surface area contributed by atoms with Crippen LogP contribution >= 0.6 is 12.4 Å². The second-order valence-electron chi connectivity index (χ2n) is 11.6. The monoisotopic (exact) mass is 632 g/mol. The number of nitrogens with one attached hydrogen (secondary N) is 1. The molecule has 0 unspecified atom stereocenters. The smallest absolute Gasteiger partial charge is 0.248 e. The van der Waals surface area contributed by atoms with Gasteiger partial charge in [0.05, 0.1) is 11.0 Å². The molecular formula is C31H41ClN4O6S. The molecule has 12 heteroatoms. The number of ether oxygens (including phenoxy) is 1. The molecule has 2 aromatic rings. The normalized spacial score (nSPS) is 21.5. The van der Waals surface area contributed by atoms with E-state index in [2.05, 4.69) is 17.1 Å². The molecule has 0 radical (unpaired) electrons. The minimum atomic E-state index is -3.76. The van der Waals surface area contributed by atoms with Gasteiger partial charge in [-0.1, -0.05) is 37.6 Å². The minimum Gasteiger partial charge on any atom is -0.457 e. The molecule has 4 N–H and O–H groups in total. The number of aliphatic hydroxyl groups is 1. The number of hydrogen-bond donors (Lipinski definition) is 3.